The molecule has 0 amide bonds. The molecule has 2 heterocycles. The first-order chi connectivity index (χ1) is 10.6. The quantitative estimate of drug-likeness (QED) is 0.784. The Kier molecular flexibility index (Phi) is 4.69. The van der Waals surface area contributed by atoms with E-state index in [1.807, 2.05) is 24.4 Å². The molecule has 0 bridgehead atoms. The first-order valence-electron chi connectivity index (χ1n) is 7.68. The van der Waals surface area contributed by atoms with Gasteiger partial charge in [0.25, 0.3) is 0 Å². The molecule has 4 heteroatoms. The number of piperidine rings is 1. The number of thiophene rings is 1. The number of nitrogens with zero attached hydrogens (tertiary/aromatic N) is 1. The Morgan fingerprint density at radius 2 is 2.27 bits per heavy atom. The highest BCUT2D eigenvalue weighted by Crippen LogP contribution is 2.26. The predicted molar refractivity (Wildman–Crippen MR) is 87.8 cm³/mol. The van der Waals surface area contributed by atoms with Crippen molar-refractivity contribution in [2.24, 2.45) is 5.92 Å². The number of rotatable bonds is 4. The third-order valence-electron chi connectivity index (χ3n) is 4.26. The van der Waals surface area contributed by atoms with Gasteiger partial charge in [0.1, 0.15) is 5.82 Å². The highest BCUT2D eigenvalue weighted by molar-refractivity contribution is 7.12. The van der Waals surface area contributed by atoms with Crippen LogP contribution in [0.4, 0.5) is 4.39 Å². The molecule has 0 spiro atoms. The topological polar surface area (TPSA) is 20.3 Å². The lowest BCUT2D eigenvalue weighted by Crippen LogP contribution is -2.38. The van der Waals surface area contributed by atoms with E-state index >= 15 is 0 Å². The molecule has 1 fully saturated rings. The van der Waals surface area contributed by atoms with Crippen molar-refractivity contribution >= 4 is 17.1 Å². The van der Waals surface area contributed by atoms with E-state index in [2.05, 4.69) is 4.90 Å². The molecule has 0 unspecified atom stereocenters. The summed E-state index contributed by atoms with van der Waals surface area (Å²) < 4.78 is 13.3. The molecule has 0 saturated carbocycles. The van der Waals surface area contributed by atoms with E-state index in [0.29, 0.717) is 6.54 Å². The molecule has 116 valence electrons. The first-order valence-corrected chi connectivity index (χ1v) is 8.56. The highest BCUT2D eigenvalue weighted by Gasteiger charge is 2.28. The SMILES string of the molecule is Cc1ccsc1C(=O)[C@@H]1CCCN(Cc2cccc(F)c2)C1. The number of benzene rings is 1. The second kappa shape index (κ2) is 6.71. The van der Waals surface area contributed by atoms with Gasteiger partial charge in [0.15, 0.2) is 5.78 Å². The number of hydrogen-bond acceptors (Lipinski definition) is 3. The molecule has 1 aromatic carbocycles. The zero-order chi connectivity index (χ0) is 15.5. The van der Waals surface area contributed by atoms with Crippen LogP contribution in [-0.4, -0.2) is 23.8 Å². The molecule has 2 aromatic rings. The zero-order valence-corrected chi connectivity index (χ0v) is 13.5. The van der Waals surface area contributed by atoms with Gasteiger partial charge in [0, 0.05) is 19.0 Å². The summed E-state index contributed by atoms with van der Waals surface area (Å²) in [5.41, 5.74) is 2.05. The van der Waals surface area contributed by atoms with E-state index in [0.717, 1.165) is 41.9 Å². The Bertz CT molecular complexity index is 667. The van der Waals surface area contributed by atoms with Crippen LogP contribution in [0.2, 0.25) is 0 Å². The summed E-state index contributed by atoms with van der Waals surface area (Å²) in [6.45, 7) is 4.46. The number of aryl methyl sites for hydroxylation is 1. The number of Topliss-reactive ketones (excluding diaryl/α,β-unsaturated/α-hetero) is 1. The van der Waals surface area contributed by atoms with E-state index in [1.165, 1.54) is 6.07 Å². The number of ketones is 1. The van der Waals surface area contributed by atoms with Crippen molar-refractivity contribution in [2.75, 3.05) is 13.1 Å². The van der Waals surface area contributed by atoms with Crippen LogP contribution in [0.1, 0.15) is 33.6 Å². The molecular formula is C18H20FNOS. The predicted octanol–water partition coefficient (Wildman–Crippen LogP) is 4.29. The number of halogens is 1. The normalized spacial score (nSPS) is 19.3. The average Bonchev–Trinajstić information content (AvgIpc) is 2.93. The van der Waals surface area contributed by atoms with Crippen molar-refractivity contribution in [2.45, 2.75) is 26.3 Å². The molecule has 2 nitrogen and oxygen atoms in total. The van der Waals surface area contributed by atoms with Crippen molar-refractivity contribution in [1.29, 1.82) is 0 Å². The third-order valence-corrected chi connectivity index (χ3v) is 5.29. The van der Waals surface area contributed by atoms with Crippen LogP contribution in [0, 0.1) is 18.7 Å². The Labute approximate surface area is 134 Å². The monoisotopic (exact) mass is 317 g/mol. The van der Waals surface area contributed by atoms with Gasteiger partial charge in [-0.1, -0.05) is 12.1 Å². The summed E-state index contributed by atoms with van der Waals surface area (Å²) in [6, 6.07) is 8.73. The summed E-state index contributed by atoms with van der Waals surface area (Å²) in [5.74, 6) is 0.146. The number of carbonyl (C=O) groups excluding carboxylic acids is 1. The summed E-state index contributed by atoms with van der Waals surface area (Å²) in [5, 5.41) is 1.98. The molecule has 1 aromatic heterocycles. The van der Waals surface area contributed by atoms with Crippen LogP contribution < -0.4 is 0 Å². The van der Waals surface area contributed by atoms with Gasteiger partial charge in [-0.25, -0.2) is 4.39 Å². The first kappa shape index (κ1) is 15.4. The van der Waals surface area contributed by atoms with E-state index in [4.69, 9.17) is 0 Å². The standard InChI is InChI=1S/C18H20FNOS/c1-13-7-9-22-18(13)17(21)15-5-3-8-20(12-15)11-14-4-2-6-16(19)10-14/h2,4,6-7,9-10,15H,3,5,8,11-12H2,1H3/t15-/m1/s1. The summed E-state index contributed by atoms with van der Waals surface area (Å²) in [7, 11) is 0. The minimum absolute atomic E-state index is 0.0691. The molecule has 1 aliphatic rings. The highest BCUT2D eigenvalue weighted by atomic mass is 32.1. The van der Waals surface area contributed by atoms with Gasteiger partial charge < -0.3 is 0 Å². The van der Waals surface area contributed by atoms with Gasteiger partial charge >= 0.3 is 0 Å². The lowest BCUT2D eigenvalue weighted by molar-refractivity contribution is 0.0815. The van der Waals surface area contributed by atoms with E-state index in [-0.39, 0.29) is 17.5 Å². The van der Waals surface area contributed by atoms with Crippen molar-refractivity contribution in [3.63, 3.8) is 0 Å². The van der Waals surface area contributed by atoms with E-state index in [1.54, 1.807) is 23.5 Å². The van der Waals surface area contributed by atoms with Crippen molar-refractivity contribution in [1.82, 2.24) is 4.90 Å². The van der Waals surface area contributed by atoms with Crippen LogP contribution in [0.15, 0.2) is 35.7 Å². The average molecular weight is 317 g/mol. The molecular weight excluding hydrogens is 297 g/mol. The smallest absolute Gasteiger partial charge is 0.177 e. The number of hydrogen-bond donors (Lipinski definition) is 0. The molecule has 1 aliphatic heterocycles. The fourth-order valence-corrected chi connectivity index (χ4v) is 4.06. The maximum Gasteiger partial charge on any atom is 0.177 e. The minimum atomic E-state index is -0.198. The lowest BCUT2D eigenvalue weighted by Gasteiger charge is -2.32. The van der Waals surface area contributed by atoms with Crippen LogP contribution in [0.3, 0.4) is 0 Å². The van der Waals surface area contributed by atoms with E-state index in [9.17, 15) is 9.18 Å². The van der Waals surface area contributed by atoms with Gasteiger partial charge in [0.2, 0.25) is 0 Å². The second-order valence-electron chi connectivity index (χ2n) is 6.00. The zero-order valence-electron chi connectivity index (χ0n) is 12.7. The van der Waals surface area contributed by atoms with Crippen LogP contribution >= 0.6 is 11.3 Å². The summed E-state index contributed by atoms with van der Waals surface area (Å²) in [4.78, 5) is 15.8. The Balaban J connectivity index is 1.67. The fraction of sp³-hybridized carbons (Fsp3) is 0.389. The fourth-order valence-electron chi connectivity index (χ4n) is 3.12. The molecule has 0 radical (unpaired) electrons. The van der Waals surface area contributed by atoms with Gasteiger partial charge in [-0.3, -0.25) is 9.69 Å². The Hall–Kier alpha value is -1.52. The number of carbonyl (C=O) groups is 1. The molecule has 22 heavy (non-hydrogen) atoms. The maximum atomic E-state index is 13.3. The lowest BCUT2D eigenvalue weighted by atomic mass is 9.92. The minimum Gasteiger partial charge on any atom is -0.298 e. The summed E-state index contributed by atoms with van der Waals surface area (Å²) >= 11 is 1.54. The van der Waals surface area contributed by atoms with E-state index < -0.39 is 0 Å². The largest absolute Gasteiger partial charge is 0.298 e. The van der Waals surface area contributed by atoms with Gasteiger partial charge in [0.05, 0.1) is 4.88 Å². The molecule has 0 aliphatic carbocycles. The Morgan fingerprint density at radius 1 is 1.41 bits per heavy atom. The van der Waals surface area contributed by atoms with Crippen molar-refractivity contribution in [3.8, 4) is 0 Å². The van der Waals surface area contributed by atoms with Crippen LogP contribution in [0.5, 0.6) is 0 Å². The van der Waals surface area contributed by atoms with Crippen LogP contribution in [0.25, 0.3) is 0 Å². The van der Waals surface area contributed by atoms with Crippen molar-refractivity contribution in [3.05, 3.63) is 57.5 Å². The third kappa shape index (κ3) is 3.45. The van der Waals surface area contributed by atoms with Crippen molar-refractivity contribution < 1.29 is 9.18 Å². The molecule has 1 atom stereocenters. The molecule has 3 rings (SSSR count). The van der Waals surface area contributed by atoms with Gasteiger partial charge in [-0.05, 0) is 61.0 Å². The van der Waals surface area contributed by atoms with Gasteiger partial charge in [-0.2, -0.15) is 0 Å². The molecule has 0 N–H and O–H groups in total. The molecule has 1 saturated heterocycles. The number of likely N-dealkylation sites (tertiary alicyclic amines) is 1. The van der Waals surface area contributed by atoms with Gasteiger partial charge in [-0.15, -0.1) is 11.3 Å². The maximum absolute atomic E-state index is 13.3. The van der Waals surface area contributed by atoms with Crippen LogP contribution in [-0.2, 0) is 6.54 Å². The summed E-state index contributed by atoms with van der Waals surface area (Å²) in [6.07, 6.45) is 1.98. The second-order valence-corrected chi connectivity index (χ2v) is 6.92. The Morgan fingerprint density at radius 3 is 3.00 bits per heavy atom.